The van der Waals surface area contributed by atoms with E-state index in [-0.39, 0.29) is 6.09 Å². The average molecular weight is 325 g/mol. The van der Waals surface area contributed by atoms with E-state index in [4.69, 9.17) is 21.7 Å². The molecule has 21 heavy (non-hydrogen) atoms. The van der Waals surface area contributed by atoms with E-state index in [1.165, 1.54) is 11.8 Å². The Balaban J connectivity index is 2.05. The lowest BCUT2D eigenvalue weighted by molar-refractivity contribution is 0.0242. The number of thiocarbonyl (C=S) groups is 1. The molecule has 1 aromatic carbocycles. The second-order valence-electron chi connectivity index (χ2n) is 5.82. The van der Waals surface area contributed by atoms with E-state index in [1.54, 1.807) is 4.90 Å². The summed E-state index contributed by atoms with van der Waals surface area (Å²) in [6.45, 7) is 6.70. The van der Waals surface area contributed by atoms with Crippen LogP contribution in [0, 0.1) is 0 Å². The van der Waals surface area contributed by atoms with E-state index in [2.05, 4.69) is 0 Å². The molecule has 0 aromatic heterocycles. The number of fused-ring (bicyclic) bond motifs is 1. The third kappa shape index (κ3) is 4.35. The first-order valence-electron chi connectivity index (χ1n) is 6.64. The van der Waals surface area contributed by atoms with Gasteiger partial charge >= 0.3 is 6.09 Å². The molecule has 0 radical (unpaired) electrons. The van der Waals surface area contributed by atoms with Crippen molar-refractivity contribution in [1.82, 2.24) is 4.90 Å². The zero-order valence-electron chi connectivity index (χ0n) is 12.6. The summed E-state index contributed by atoms with van der Waals surface area (Å²) in [7, 11) is 0. The molecule has 0 spiro atoms. The lowest BCUT2D eigenvalue weighted by Crippen LogP contribution is -2.33. The average Bonchev–Trinajstić information content (AvgIpc) is 2.79. The third-order valence-corrected chi connectivity index (χ3v) is 3.92. The maximum Gasteiger partial charge on any atom is 0.410 e. The molecule has 0 saturated heterocycles. The second-order valence-corrected chi connectivity index (χ2v) is 7.23. The van der Waals surface area contributed by atoms with Crippen molar-refractivity contribution in [1.29, 1.82) is 0 Å². The van der Waals surface area contributed by atoms with Crippen LogP contribution in [-0.2, 0) is 17.8 Å². The van der Waals surface area contributed by atoms with E-state index in [0.29, 0.717) is 23.2 Å². The minimum atomic E-state index is -0.481. The monoisotopic (exact) mass is 325 g/mol. The first kappa shape index (κ1) is 16.1. The summed E-state index contributed by atoms with van der Waals surface area (Å²) in [6.07, 6.45) is 1.58. The van der Waals surface area contributed by atoms with Crippen LogP contribution in [0.15, 0.2) is 18.2 Å². The number of benzene rings is 1. The predicted octanol–water partition coefficient (Wildman–Crippen LogP) is 3.96. The number of nitrogens with zero attached hydrogens (tertiary/aromatic N) is 1. The van der Waals surface area contributed by atoms with Crippen LogP contribution in [0.4, 0.5) is 4.79 Å². The number of thioether (sulfide) groups is 1. The Labute approximate surface area is 134 Å². The molecule has 4 nitrogen and oxygen atoms in total. The van der Waals surface area contributed by atoms with Gasteiger partial charge in [0.25, 0.3) is 0 Å². The summed E-state index contributed by atoms with van der Waals surface area (Å²) in [5, 5.41) is 0. The van der Waals surface area contributed by atoms with Crippen molar-refractivity contribution in [2.45, 2.75) is 39.5 Å². The molecule has 0 N–H and O–H groups in total. The van der Waals surface area contributed by atoms with Gasteiger partial charge in [-0.1, -0.05) is 17.8 Å². The fraction of sp³-hybridized carbons (Fsp3) is 0.467. The van der Waals surface area contributed by atoms with Gasteiger partial charge in [0.05, 0.1) is 0 Å². The van der Waals surface area contributed by atoms with E-state index in [0.717, 1.165) is 11.1 Å². The first-order valence-corrected chi connectivity index (χ1v) is 8.27. The van der Waals surface area contributed by atoms with Crippen molar-refractivity contribution < 1.29 is 14.3 Å². The summed E-state index contributed by atoms with van der Waals surface area (Å²) in [4.78, 5) is 13.8. The van der Waals surface area contributed by atoms with Crippen LogP contribution in [0.2, 0.25) is 0 Å². The lowest BCUT2D eigenvalue weighted by atomic mass is 10.1. The Hall–Kier alpha value is -1.27. The van der Waals surface area contributed by atoms with Gasteiger partial charge in [-0.25, -0.2) is 4.79 Å². The van der Waals surface area contributed by atoms with Crippen molar-refractivity contribution in [3.05, 3.63) is 29.3 Å². The topological polar surface area (TPSA) is 38.8 Å². The highest BCUT2D eigenvalue weighted by atomic mass is 32.2. The maximum atomic E-state index is 12.1. The highest BCUT2D eigenvalue weighted by Gasteiger charge is 2.27. The molecule has 6 heteroatoms. The lowest BCUT2D eigenvalue weighted by Gasteiger charge is -2.24. The van der Waals surface area contributed by atoms with Crippen molar-refractivity contribution in [3.63, 3.8) is 0 Å². The molecule has 0 fully saturated rings. The highest BCUT2D eigenvalue weighted by molar-refractivity contribution is 8.22. The fourth-order valence-electron chi connectivity index (χ4n) is 2.03. The number of rotatable bonds is 1. The van der Waals surface area contributed by atoms with Gasteiger partial charge in [0.1, 0.15) is 11.4 Å². The van der Waals surface area contributed by atoms with Gasteiger partial charge in [0.15, 0.2) is 0 Å². The Kier molecular flexibility index (Phi) is 4.78. The summed E-state index contributed by atoms with van der Waals surface area (Å²) < 4.78 is 11.4. The Morgan fingerprint density at radius 2 is 1.95 bits per heavy atom. The molecular weight excluding hydrogens is 306 g/mol. The number of ether oxygens (including phenoxy) is 2. The van der Waals surface area contributed by atoms with Gasteiger partial charge in [0.2, 0.25) is 4.38 Å². The summed E-state index contributed by atoms with van der Waals surface area (Å²) in [5.74, 6) is 0.708. The molecule has 0 atom stereocenters. The first-order chi connectivity index (χ1) is 9.78. The van der Waals surface area contributed by atoms with Gasteiger partial charge in [-0.2, -0.15) is 0 Å². The zero-order chi connectivity index (χ0) is 15.6. The van der Waals surface area contributed by atoms with Gasteiger partial charge < -0.3 is 9.47 Å². The second kappa shape index (κ2) is 6.23. The van der Waals surface area contributed by atoms with E-state index >= 15 is 0 Å². The summed E-state index contributed by atoms with van der Waals surface area (Å²) in [6, 6.07) is 5.78. The maximum absolute atomic E-state index is 12.1. The van der Waals surface area contributed by atoms with Gasteiger partial charge in [-0.05, 0) is 62.5 Å². The number of hydrogen-bond donors (Lipinski definition) is 0. The largest absolute Gasteiger partial charge is 0.444 e. The Morgan fingerprint density at radius 3 is 2.57 bits per heavy atom. The third-order valence-electron chi connectivity index (χ3n) is 2.92. The number of carbonyl (C=O) groups is 1. The van der Waals surface area contributed by atoms with E-state index in [1.807, 2.05) is 45.2 Å². The van der Waals surface area contributed by atoms with Crippen molar-refractivity contribution in [2.24, 2.45) is 0 Å². The Morgan fingerprint density at radius 1 is 1.29 bits per heavy atom. The highest BCUT2D eigenvalue weighted by Crippen LogP contribution is 2.28. The van der Waals surface area contributed by atoms with Crippen LogP contribution in [0.1, 0.15) is 31.9 Å². The van der Waals surface area contributed by atoms with Crippen LogP contribution in [0.5, 0.6) is 5.75 Å². The van der Waals surface area contributed by atoms with Crippen LogP contribution >= 0.6 is 24.0 Å². The number of amides is 1. The molecule has 0 saturated carbocycles. The normalized spacial score (nSPS) is 13.8. The summed E-state index contributed by atoms with van der Waals surface area (Å²) >= 11 is 6.44. The van der Waals surface area contributed by atoms with Crippen LogP contribution in [0.3, 0.4) is 0 Å². The molecule has 1 aliphatic heterocycles. The zero-order valence-corrected chi connectivity index (χ0v) is 14.3. The van der Waals surface area contributed by atoms with E-state index < -0.39 is 5.60 Å². The molecule has 0 unspecified atom stereocenters. The van der Waals surface area contributed by atoms with E-state index in [9.17, 15) is 4.79 Å². The van der Waals surface area contributed by atoms with Crippen LogP contribution in [0.25, 0.3) is 0 Å². The summed E-state index contributed by atoms with van der Waals surface area (Å²) in [5.41, 5.74) is 1.70. The molecule has 1 heterocycles. The SMILES string of the molecule is CSC(=S)Oc1ccc2c(c1)CN(C(=O)OC(C)(C)C)C2. The van der Waals surface area contributed by atoms with Gasteiger partial charge in [0, 0.05) is 13.1 Å². The van der Waals surface area contributed by atoms with Crippen LogP contribution in [-0.4, -0.2) is 27.2 Å². The van der Waals surface area contributed by atoms with Gasteiger partial charge in [-0.15, -0.1) is 0 Å². The number of hydrogen-bond acceptors (Lipinski definition) is 5. The van der Waals surface area contributed by atoms with Crippen LogP contribution < -0.4 is 4.74 Å². The molecule has 0 bridgehead atoms. The predicted molar refractivity (Wildman–Crippen MR) is 88.7 cm³/mol. The standard InChI is InChI=1S/C15H19NO3S2/c1-15(2,3)19-13(17)16-8-10-5-6-12(7-11(10)9-16)18-14(20)21-4/h5-7H,8-9H2,1-4H3. The fourth-order valence-corrected chi connectivity index (χ4v) is 2.30. The molecule has 1 aliphatic rings. The molecule has 2 rings (SSSR count). The van der Waals surface area contributed by atoms with Crippen molar-refractivity contribution in [2.75, 3.05) is 6.26 Å². The molecule has 114 valence electrons. The molecule has 0 aliphatic carbocycles. The minimum Gasteiger partial charge on any atom is -0.444 e. The van der Waals surface area contributed by atoms with Gasteiger partial charge in [-0.3, -0.25) is 4.90 Å². The molecule has 1 amide bonds. The number of carbonyl (C=O) groups excluding carboxylic acids is 1. The van der Waals surface area contributed by atoms with Crippen molar-refractivity contribution in [3.8, 4) is 5.75 Å². The smallest absolute Gasteiger partial charge is 0.410 e. The molecule has 1 aromatic rings. The minimum absolute atomic E-state index is 0.291. The van der Waals surface area contributed by atoms with Crippen molar-refractivity contribution >= 4 is 34.5 Å². The quantitative estimate of drug-likeness (QED) is 0.731. The molecular formula is C15H19NO3S2. The Bertz CT molecular complexity index is 567.